The summed E-state index contributed by atoms with van der Waals surface area (Å²) in [6.07, 6.45) is 3.30. The van der Waals surface area contributed by atoms with Gasteiger partial charge in [-0.1, -0.05) is 30.3 Å². The lowest BCUT2D eigenvalue weighted by atomic mass is 9.71. The number of nitrogens with one attached hydrogen (secondary N) is 2. The molecule has 33 heavy (non-hydrogen) atoms. The summed E-state index contributed by atoms with van der Waals surface area (Å²) in [6, 6.07) is 8.90. The van der Waals surface area contributed by atoms with E-state index in [1.807, 2.05) is 30.3 Å². The van der Waals surface area contributed by atoms with E-state index in [-0.39, 0.29) is 30.7 Å². The number of unbranched alkanes of at least 4 members (excludes halogenated alkanes) is 1. The van der Waals surface area contributed by atoms with Crippen molar-refractivity contribution in [3.05, 3.63) is 35.9 Å². The van der Waals surface area contributed by atoms with Gasteiger partial charge in [0, 0.05) is 33.0 Å². The molecular formula is C24H36N4O5. The predicted octanol–water partition coefficient (Wildman–Crippen LogP) is 1.16. The van der Waals surface area contributed by atoms with Crippen LogP contribution in [0, 0.1) is 0 Å². The number of hydrogen-bond donors (Lipinski definition) is 4. The largest absolute Gasteiger partial charge is 0.481 e. The molecule has 0 aliphatic carbocycles. The van der Waals surface area contributed by atoms with Gasteiger partial charge in [-0.3, -0.25) is 19.2 Å². The van der Waals surface area contributed by atoms with Crippen LogP contribution in [-0.2, 0) is 24.6 Å². The zero-order chi connectivity index (χ0) is 24.3. The summed E-state index contributed by atoms with van der Waals surface area (Å²) >= 11 is 0. The summed E-state index contributed by atoms with van der Waals surface area (Å²) in [4.78, 5) is 50.5. The first-order chi connectivity index (χ1) is 15.8. The third-order valence-electron chi connectivity index (χ3n) is 6.17. The summed E-state index contributed by atoms with van der Waals surface area (Å²) < 4.78 is 0. The third kappa shape index (κ3) is 7.56. The molecule has 0 radical (unpaired) electrons. The van der Waals surface area contributed by atoms with E-state index >= 15 is 0 Å². The maximum absolute atomic E-state index is 13.3. The normalized spacial score (nSPS) is 16.0. The Morgan fingerprint density at radius 1 is 1.09 bits per heavy atom. The number of carboxylic acids is 1. The van der Waals surface area contributed by atoms with Crippen LogP contribution in [0.4, 0.5) is 0 Å². The molecule has 1 aliphatic heterocycles. The molecule has 5 N–H and O–H groups in total. The van der Waals surface area contributed by atoms with Crippen LogP contribution < -0.4 is 16.4 Å². The minimum absolute atomic E-state index is 0.00437. The maximum atomic E-state index is 13.3. The Kier molecular flexibility index (Phi) is 10.3. The third-order valence-corrected chi connectivity index (χ3v) is 6.17. The van der Waals surface area contributed by atoms with Gasteiger partial charge < -0.3 is 26.4 Å². The fourth-order valence-electron chi connectivity index (χ4n) is 4.34. The Bertz CT molecular complexity index is 806. The molecule has 0 aromatic heterocycles. The monoisotopic (exact) mass is 460 g/mol. The molecule has 0 unspecified atom stereocenters. The van der Waals surface area contributed by atoms with Gasteiger partial charge in [-0.25, -0.2) is 0 Å². The standard InChI is InChI=1S/C24H36N4O5/c1-18(29)27-20(10-5-6-14-25)22(32)28-16-12-24(13-17-28,19-8-3-2-4-9-19)23(33)26-15-7-11-21(30)31/h2-4,8-9,20H,5-7,10-17,25H2,1H3,(H,26,33)(H,27,29)(H,30,31)/t20-/m0/s1. The number of amides is 3. The highest BCUT2D eigenvalue weighted by atomic mass is 16.4. The fraction of sp³-hybridized carbons (Fsp3) is 0.583. The lowest BCUT2D eigenvalue weighted by Gasteiger charge is -2.42. The van der Waals surface area contributed by atoms with Crippen molar-refractivity contribution < 1.29 is 24.3 Å². The van der Waals surface area contributed by atoms with Crippen LogP contribution in [0.1, 0.15) is 57.4 Å². The van der Waals surface area contributed by atoms with Crippen LogP contribution in [-0.4, -0.2) is 65.9 Å². The number of carbonyl (C=O) groups is 4. The van der Waals surface area contributed by atoms with Gasteiger partial charge in [0.2, 0.25) is 17.7 Å². The van der Waals surface area contributed by atoms with E-state index < -0.39 is 17.4 Å². The minimum atomic E-state index is -0.894. The second-order valence-corrected chi connectivity index (χ2v) is 8.56. The van der Waals surface area contributed by atoms with Gasteiger partial charge >= 0.3 is 5.97 Å². The highest BCUT2D eigenvalue weighted by molar-refractivity contribution is 5.90. The van der Waals surface area contributed by atoms with E-state index in [2.05, 4.69) is 10.6 Å². The number of carboxylic acid groups (broad SMARTS) is 1. The minimum Gasteiger partial charge on any atom is -0.481 e. The molecule has 3 amide bonds. The lowest BCUT2D eigenvalue weighted by Crippen LogP contribution is -2.56. The molecule has 1 aromatic carbocycles. The van der Waals surface area contributed by atoms with Crippen LogP contribution >= 0.6 is 0 Å². The second kappa shape index (κ2) is 12.9. The number of piperidine rings is 1. The van der Waals surface area contributed by atoms with E-state index in [1.165, 1.54) is 6.92 Å². The number of nitrogens with zero attached hydrogens (tertiary/aromatic N) is 1. The van der Waals surface area contributed by atoms with Crippen molar-refractivity contribution in [1.29, 1.82) is 0 Å². The highest BCUT2D eigenvalue weighted by Gasteiger charge is 2.44. The quantitative estimate of drug-likeness (QED) is 0.345. The molecule has 0 bridgehead atoms. The van der Waals surface area contributed by atoms with Crippen LogP contribution in [0.5, 0.6) is 0 Å². The molecule has 1 heterocycles. The Balaban J connectivity index is 2.10. The molecule has 9 heteroatoms. The molecule has 0 saturated carbocycles. The van der Waals surface area contributed by atoms with Crippen LogP contribution in [0.2, 0.25) is 0 Å². The topological polar surface area (TPSA) is 142 Å². The van der Waals surface area contributed by atoms with Gasteiger partial charge in [-0.15, -0.1) is 0 Å². The maximum Gasteiger partial charge on any atom is 0.303 e. The van der Waals surface area contributed by atoms with Crippen molar-refractivity contribution in [3.8, 4) is 0 Å². The van der Waals surface area contributed by atoms with E-state index in [0.29, 0.717) is 45.3 Å². The van der Waals surface area contributed by atoms with Crippen molar-refractivity contribution in [2.75, 3.05) is 26.2 Å². The number of rotatable bonds is 12. The van der Waals surface area contributed by atoms with Gasteiger partial charge in [0.05, 0.1) is 5.41 Å². The SMILES string of the molecule is CC(=O)N[C@@H](CCCCN)C(=O)N1CCC(C(=O)NCCCC(=O)O)(c2ccccc2)CC1. The molecule has 0 spiro atoms. The second-order valence-electron chi connectivity index (χ2n) is 8.56. The van der Waals surface area contributed by atoms with Crippen molar-refractivity contribution in [1.82, 2.24) is 15.5 Å². The first kappa shape index (κ1) is 26.3. The summed E-state index contributed by atoms with van der Waals surface area (Å²) in [6.45, 7) is 3.00. The van der Waals surface area contributed by atoms with Crippen molar-refractivity contribution in [2.24, 2.45) is 5.73 Å². The van der Waals surface area contributed by atoms with Gasteiger partial charge in [-0.2, -0.15) is 0 Å². The van der Waals surface area contributed by atoms with Crippen LogP contribution in [0.3, 0.4) is 0 Å². The lowest BCUT2D eigenvalue weighted by molar-refractivity contribution is -0.140. The number of likely N-dealkylation sites (tertiary alicyclic amines) is 1. The molecular weight excluding hydrogens is 424 g/mol. The zero-order valence-electron chi connectivity index (χ0n) is 19.3. The van der Waals surface area contributed by atoms with Crippen LogP contribution in [0.15, 0.2) is 30.3 Å². The summed E-state index contributed by atoms with van der Waals surface area (Å²) in [5, 5.41) is 14.5. The molecule has 1 aromatic rings. The predicted molar refractivity (Wildman–Crippen MR) is 124 cm³/mol. The van der Waals surface area contributed by atoms with E-state index in [0.717, 1.165) is 18.4 Å². The summed E-state index contributed by atoms with van der Waals surface area (Å²) in [5.41, 5.74) is 5.65. The molecule has 182 valence electrons. The zero-order valence-corrected chi connectivity index (χ0v) is 19.3. The Labute approximate surface area is 195 Å². The Hall–Kier alpha value is -2.94. The molecule has 1 saturated heterocycles. The smallest absolute Gasteiger partial charge is 0.303 e. The first-order valence-electron chi connectivity index (χ1n) is 11.6. The van der Waals surface area contributed by atoms with Crippen molar-refractivity contribution in [2.45, 2.75) is 63.3 Å². The van der Waals surface area contributed by atoms with Crippen molar-refractivity contribution in [3.63, 3.8) is 0 Å². The average molecular weight is 461 g/mol. The summed E-state index contributed by atoms with van der Waals surface area (Å²) in [7, 11) is 0. The van der Waals surface area contributed by atoms with Crippen molar-refractivity contribution >= 4 is 23.7 Å². The number of benzene rings is 1. The van der Waals surface area contributed by atoms with Gasteiger partial charge in [0.1, 0.15) is 6.04 Å². The number of carbonyl (C=O) groups excluding carboxylic acids is 3. The van der Waals surface area contributed by atoms with Gasteiger partial charge in [0.25, 0.3) is 0 Å². The van der Waals surface area contributed by atoms with E-state index in [9.17, 15) is 19.2 Å². The van der Waals surface area contributed by atoms with E-state index in [1.54, 1.807) is 4.90 Å². The molecule has 2 rings (SSSR count). The Morgan fingerprint density at radius 3 is 2.33 bits per heavy atom. The fourth-order valence-corrected chi connectivity index (χ4v) is 4.34. The number of aliphatic carboxylic acids is 1. The van der Waals surface area contributed by atoms with Crippen LogP contribution in [0.25, 0.3) is 0 Å². The molecule has 1 atom stereocenters. The number of hydrogen-bond acceptors (Lipinski definition) is 5. The van der Waals surface area contributed by atoms with Gasteiger partial charge in [0.15, 0.2) is 0 Å². The molecule has 1 fully saturated rings. The molecule has 1 aliphatic rings. The number of nitrogens with two attached hydrogens (primary N) is 1. The highest BCUT2D eigenvalue weighted by Crippen LogP contribution is 2.36. The first-order valence-corrected chi connectivity index (χ1v) is 11.6. The molecule has 9 nitrogen and oxygen atoms in total. The summed E-state index contributed by atoms with van der Waals surface area (Å²) in [5.74, 6) is -1.43. The van der Waals surface area contributed by atoms with E-state index in [4.69, 9.17) is 10.8 Å². The average Bonchev–Trinajstić information content (AvgIpc) is 2.81. The van der Waals surface area contributed by atoms with Gasteiger partial charge in [-0.05, 0) is 50.6 Å². The Morgan fingerprint density at radius 2 is 1.76 bits per heavy atom.